The average Bonchev–Trinajstić information content (AvgIpc) is 3.21. The summed E-state index contributed by atoms with van der Waals surface area (Å²) in [5.74, 6) is 1.99. The smallest absolute Gasteiger partial charge is 0.191 e. The summed E-state index contributed by atoms with van der Waals surface area (Å²) in [7, 11) is 0. The van der Waals surface area contributed by atoms with E-state index in [0.717, 1.165) is 57.2 Å². The van der Waals surface area contributed by atoms with Gasteiger partial charge < -0.3 is 15.2 Å². The molecule has 0 saturated heterocycles. The van der Waals surface area contributed by atoms with Crippen LogP contribution in [0.4, 0.5) is 0 Å². The van der Waals surface area contributed by atoms with E-state index in [1.54, 1.807) is 0 Å². The average molecular weight is 475 g/mol. The molecule has 0 unspecified atom stereocenters. The maximum Gasteiger partial charge on any atom is 0.191 e. The lowest BCUT2D eigenvalue weighted by molar-refractivity contribution is 0.588. The number of guanidine groups is 1. The number of rotatable bonds is 9. The van der Waals surface area contributed by atoms with Gasteiger partial charge in [0.25, 0.3) is 0 Å². The van der Waals surface area contributed by atoms with Crippen LogP contribution in [0.1, 0.15) is 42.3 Å². The van der Waals surface area contributed by atoms with Gasteiger partial charge in [0.1, 0.15) is 5.82 Å². The molecular formula is C18H30IN5S. The topological polar surface area (TPSA) is 54.2 Å². The summed E-state index contributed by atoms with van der Waals surface area (Å²) in [5.41, 5.74) is 0. The van der Waals surface area contributed by atoms with Crippen LogP contribution in [0, 0.1) is 6.92 Å². The maximum absolute atomic E-state index is 4.68. The van der Waals surface area contributed by atoms with Crippen LogP contribution < -0.4 is 10.6 Å². The summed E-state index contributed by atoms with van der Waals surface area (Å²) in [6, 6.07) is 4.39. The molecule has 140 valence electrons. The third-order valence-electron chi connectivity index (χ3n) is 3.84. The number of unbranched alkanes of at least 4 members (excludes halogenated alkanes) is 1. The SMILES string of the molecule is CCNC(=NCc1ccc(CC)s1)NCCCCn1ccnc1C.I. The third-order valence-corrected chi connectivity index (χ3v) is 5.06. The number of imidazole rings is 1. The van der Waals surface area contributed by atoms with Gasteiger partial charge in [-0.1, -0.05) is 6.92 Å². The van der Waals surface area contributed by atoms with Gasteiger partial charge >= 0.3 is 0 Å². The van der Waals surface area contributed by atoms with Crippen molar-refractivity contribution in [2.75, 3.05) is 13.1 Å². The first kappa shape index (κ1) is 22.0. The number of hydrogen-bond donors (Lipinski definition) is 2. The predicted octanol–water partition coefficient (Wildman–Crippen LogP) is 3.97. The van der Waals surface area contributed by atoms with Crippen molar-refractivity contribution in [3.8, 4) is 0 Å². The Bertz CT molecular complexity index is 635. The zero-order chi connectivity index (χ0) is 17.2. The monoisotopic (exact) mass is 475 g/mol. The van der Waals surface area contributed by atoms with Crippen molar-refractivity contribution in [3.05, 3.63) is 40.1 Å². The first-order chi connectivity index (χ1) is 11.7. The van der Waals surface area contributed by atoms with Crippen LogP contribution in [0.15, 0.2) is 29.5 Å². The lowest BCUT2D eigenvalue weighted by atomic mass is 10.3. The molecule has 0 spiro atoms. The minimum Gasteiger partial charge on any atom is -0.357 e. The Labute approximate surface area is 172 Å². The number of thiophene rings is 1. The van der Waals surface area contributed by atoms with Crippen molar-refractivity contribution in [3.63, 3.8) is 0 Å². The van der Waals surface area contributed by atoms with Crippen LogP contribution in [0.2, 0.25) is 0 Å². The fourth-order valence-electron chi connectivity index (χ4n) is 2.45. The van der Waals surface area contributed by atoms with E-state index >= 15 is 0 Å². The molecule has 25 heavy (non-hydrogen) atoms. The number of halogens is 1. The lowest BCUT2D eigenvalue weighted by Crippen LogP contribution is -2.37. The van der Waals surface area contributed by atoms with Gasteiger partial charge in [-0.3, -0.25) is 0 Å². The molecule has 2 N–H and O–H groups in total. The summed E-state index contributed by atoms with van der Waals surface area (Å²) < 4.78 is 2.20. The highest BCUT2D eigenvalue weighted by atomic mass is 127. The summed E-state index contributed by atoms with van der Waals surface area (Å²) in [5, 5.41) is 6.74. The van der Waals surface area contributed by atoms with Gasteiger partial charge in [-0.15, -0.1) is 35.3 Å². The summed E-state index contributed by atoms with van der Waals surface area (Å²) in [6.07, 6.45) is 7.25. The molecule has 0 aliphatic heterocycles. The van der Waals surface area contributed by atoms with Crippen LogP contribution in [-0.4, -0.2) is 28.6 Å². The fraction of sp³-hybridized carbons (Fsp3) is 0.556. The van der Waals surface area contributed by atoms with Gasteiger partial charge in [0.15, 0.2) is 5.96 Å². The Kier molecular flexibility index (Phi) is 10.8. The molecule has 0 amide bonds. The second kappa shape index (κ2) is 12.3. The summed E-state index contributed by atoms with van der Waals surface area (Å²) >= 11 is 1.85. The van der Waals surface area contributed by atoms with E-state index in [9.17, 15) is 0 Å². The minimum atomic E-state index is 0. The number of aliphatic imine (C=N–C) groups is 1. The van der Waals surface area contributed by atoms with Crippen LogP contribution in [-0.2, 0) is 19.5 Å². The van der Waals surface area contributed by atoms with E-state index in [4.69, 9.17) is 0 Å². The maximum atomic E-state index is 4.68. The highest BCUT2D eigenvalue weighted by Crippen LogP contribution is 2.17. The molecule has 0 atom stereocenters. The molecule has 5 nitrogen and oxygen atoms in total. The van der Waals surface area contributed by atoms with E-state index in [1.807, 2.05) is 30.7 Å². The van der Waals surface area contributed by atoms with Crippen molar-refractivity contribution in [2.24, 2.45) is 4.99 Å². The predicted molar refractivity (Wildman–Crippen MR) is 118 cm³/mol. The Hall–Kier alpha value is -1.09. The first-order valence-electron chi connectivity index (χ1n) is 8.80. The largest absolute Gasteiger partial charge is 0.357 e. The van der Waals surface area contributed by atoms with Crippen molar-refractivity contribution in [1.29, 1.82) is 0 Å². The number of nitrogens with one attached hydrogen (secondary N) is 2. The molecular weight excluding hydrogens is 445 g/mol. The Morgan fingerprint density at radius 2 is 2.00 bits per heavy atom. The van der Waals surface area contributed by atoms with Gasteiger partial charge in [-0.25, -0.2) is 9.98 Å². The Balaban J connectivity index is 0.00000312. The highest BCUT2D eigenvalue weighted by molar-refractivity contribution is 14.0. The van der Waals surface area contributed by atoms with Crippen molar-refractivity contribution in [1.82, 2.24) is 20.2 Å². The Morgan fingerprint density at radius 1 is 1.20 bits per heavy atom. The minimum absolute atomic E-state index is 0. The van der Waals surface area contributed by atoms with Gasteiger partial charge in [-0.05, 0) is 45.2 Å². The molecule has 0 fully saturated rings. The van der Waals surface area contributed by atoms with Crippen LogP contribution in [0.3, 0.4) is 0 Å². The zero-order valence-corrected chi connectivity index (χ0v) is 18.6. The number of aryl methyl sites for hydroxylation is 3. The van der Waals surface area contributed by atoms with Gasteiger partial charge in [-0.2, -0.15) is 0 Å². The standard InChI is InChI=1S/C18H29N5S.HI/c1-4-16-8-9-17(24-16)14-22-18(19-5-2)21-10-6-7-12-23-13-11-20-15(23)3;/h8-9,11,13H,4-7,10,12,14H2,1-3H3,(H2,19,21,22);1H. The highest BCUT2D eigenvalue weighted by Gasteiger charge is 2.01. The molecule has 0 aliphatic rings. The molecule has 0 radical (unpaired) electrons. The van der Waals surface area contributed by atoms with E-state index in [0.29, 0.717) is 0 Å². The summed E-state index contributed by atoms with van der Waals surface area (Å²) in [6.45, 7) is 9.91. The van der Waals surface area contributed by atoms with Crippen molar-refractivity contribution in [2.45, 2.75) is 53.1 Å². The quantitative estimate of drug-likeness (QED) is 0.250. The van der Waals surface area contributed by atoms with Crippen molar-refractivity contribution < 1.29 is 0 Å². The number of hydrogen-bond acceptors (Lipinski definition) is 3. The second-order valence-corrected chi connectivity index (χ2v) is 6.97. The molecule has 2 rings (SSSR count). The van der Waals surface area contributed by atoms with E-state index in [1.165, 1.54) is 9.75 Å². The van der Waals surface area contributed by atoms with E-state index in [2.05, 4.69) is 51.2 Å². The molecule has 7 heteroatoms. The molecule has 0 bridgehead atoms. The summed E-state index contributed by atoms with van der Waals surface area (Å²) in [4.78, 5) is 11.7. The molecule has 0 aliphatic carbocycles. The van der Waals surface area contributed by atoms with Crippen LogP contribution >= 0.6 is 35.3 Å². The zero-order valence-electron chi connectivity index (χ0n) is 15.4. The fourth-order valence-corrected chi connectivity index (χ4v) is 3.33. The molecule has 0 saturated carbocycles. The third kappa shape index (κ3) is 7.77. The van der Waals surface area contributed by atoms with Gasteiger partial charge in [0.2, 0.25) is 0 Å². The van der Waals surface area contributed by atoms with Crippen LogP contribution in [0.25, 0.3) is 0 Å². The van der Waals surface area contributed by atoms with Gasteiger partial charge in [0.05, 0.1) is 6.54 Å². The van der Waals surface area contributed by atoms with Crippen molar-refractivity contribution >= 4 is 41.3 Å². The number of nitrogens with zero attached hydrogens (tertiary/aromatic N) is 3. The lowest BCUT2D eigenvalue weighted by Gasteiger charge is -2.11. The second-order valence-electron chi connectivity index (χ2n) is 5.72. The Morgan fingerprint density at radius 3 is 2.64 bits per heavy atom. The normalized spacial score (nSPS) is 11.2. The van der Waals surface area contributed by atoms with E-state index < -0.39 is 0 Å². The van der Waals surface area contributed by atoms with E-state index in [-0.39, 0.29) is 24.0 Å². The molecule has 2 aromatic rings. The molecule has 2 aromatic heterocycles. The number of aromatic nitrogens is 2. The van der Waals surface area contributed by atoms with Crippen LogP contribution in [0.5, 0.6) is 0 Å². The first-order valence-corrected chi connectivity index (χ1v) is 9.62. The molecule has 2 heterocycles. The molecule has 0 aromatic carbocycles. The van der Waals surface area contributed by atoms with Gasteiger partial charge in [0, 0.05) is 41.8 Å².